The van der Waals surface area contributed by atoms with E-state index in [2.05, 4.69) is 10.3 Å². The van der Waals surface area contributed by atoms with E-state index in [0.717, 1.165) is 17.3 Å². The summed E-state index contributed by atoms with van der Waals surface area (Å²) in [5.74, 6) is 0. The second-order valence-corrected chi connectivity index (χ2v) is 5.39. The molecule has 0 unspecified atom stereocenters. The Morgan fingerprint density at radius 2 is 1.71 bits per heavy atom. The summed E-state index contributed by atoms with van der Waals surface area (Å²) in [6.45, 7) is 0.662. The van der Waals surface area contributed by atoms with Crippen molar-refractivity contribution in [1.82, 2.24) is 14.9 Å². The Kier molecular flexibility index (Phi) is 4.66. The number of hydrogen-bond donors (Lipinski definition) is 1. The normalized spacial score (nSPS) is 11.6. The third-order valence-corrected chi connectivity index (χ3v) is 3.71. The molecule has 0 bridgehead atoms. The van der Waals surface area contributed by atoms with Crippen LogP contribution in [0, 0.1) is 0 Å². The molecule has 3 rings (SSSR count). The minimum atomic E-state index is -4.33. The molecule has 0 radical (unpaired) electrons. The fourth-order valence-corrected chi connectivity index (χ4v) is 2.49. The molecule has 6 heteroatoms. The zero-order valence-electron chi connectivity index (χ0n) is 12.8. The number of alkyl halides is 3. The van der Waals surface area contributed by atoms with E-state index in [-0.39, 0.29) is 12.1 Å². The SMILES string of the molecule is FC(F)(F)c1ccccc1CNCc1ccc(-n2ccnc2)cc1. The molecule has 1 N–H and O–H groups in total. The van der Waals surface area contributed by atoms with Crippen LogP contribution in [0.15, 0.2) is 67.3 Å². The largest absolute Gasteiger partial charge is 0.416 e. The molecule has 0 atom stereocenters. The lowest BCUT2D eigenvalue weighted by Crippen LogP contribution is -2.17. The highest BCUT2D eigenvalue weighted by Crippen LogP contribution is 2.31. The summed E-state index contributed by atoms with van der Waals surface area (Å²) in [6, 6.07) is 13.4. The Balaban J connectivity index is 1.61. The van der Waals surface area contributed by atoms with Gasteiger partial charge in [0.2, 0.25) is 0 Å². The van der Waals surface area contributed by atoms with Gasteiger partial charge in [0.25, 0.3) is 0 Å². The maximum absolute atomic E-state index is 12.9. The number of imidazole rings is 1. The van der Waals surface area contributed by atoms with Crippen LogP contribution >= 0.6 is 0 Å². The van der Waals surface area contributed by atoms with E-state index in [4.69, 9.17) is 0 Å². The number of rotatable bonds is 5. The minimum Gasteiger partial charge on any atom is -0.309 e. The van der Waals surface area contributed by atoms with Crippen LogP contribution in [0.1, 0.15) is 16.7 Å². The van der Waals surface area contributed by atoms with Gasteiger partial charge in [-0.3, -0.25) is 0 Å². The molecule has 0 saturated carbocycles. The topological polar surface area (TPSA) is 29.9 Å². The van der Waals surface area contributed by atoms with Gasteiger partial charge in [-0.25, -0.2) is 4.98 Å². The number of hydrogen-bond acceptors (Lipinski definition) is 2. The zero-order valence-corrected chi connectivity index (χ0v) is 12.8. The van der Waals surface area contributed by atoms with Crippen molar-refractivity contribution in [3.63, 3.8) is 0 Å². The number of benzene rings is 2. The van der Waals surface area contributed by atoms with Gasteiger partial charge < -0.3 is 9.88 Å². The van der Waals surface area contributed by atoms with Crippen molar-refractivity contribution in [2.45, 2.75) is 19.3 Å². The molecule has 0 aliphatic carbocycles. The first-order valence-electron chi connectivity index (χ1n) is 7.47. The van der Waals surface area contributed by atoms with Gasteiger partial charge in [0.15, 0.2) is 0 Å². The molecule has 2 aromatic carbocycles. The van der Waals surface area contributed by atoms with Crippen LogP contribution in [-0.4, -0.2) is 9.55 Å². The Bertz CT molecular complexity index is 778. The number of nitrogens with one attached hydrogen (secondary N) is 1. The van der Waals surface area contributed by atoms with E-state index in [1.165, 1.54) is 12.1 Å². The third-order valence-electron chi connectivity index (χ3n) is 3.71. The van der Waals surface area contributed by atoms with Gasteiger partial charge in [0, 0.05) is 31.2 Å². The van der Waals surface area contributed by atoms with Gasteiger partial charge in [0.1, 0.15) is 0 Å². The molecule has 3 nitrogen and oxygen atoms in total. The molecule has 124 valence electrons. The molecule has 1 aromatic heterocycles. The van der Waals surface area contributed by atoms with Crippen molar-refractivity contribution in [2.75, 3.05) is 0 Å². The van der Waals surface area contributed by atoms with Gasteiger partial charge in [-0.1, -0.05) is 30.3 Å². The molecule has 0 fully saturated rings. The summed E-state index contributed by atoms with van der Waals surface area (Å²) in [5.41, 5.74) is 1.65. The molecule has 0 saturated heterocycles. The monoisotopic (exact) mass is 331 g/mol. The molecular weight excluding hydrogens is 315 g/mol. The number of nitrogens with zero attached hydrogens (tertiary/aromatic N) is 2. The molecule has 1 heterocycles. The summed E-state index contributed by atoms with van der Waals surface area (Å²) in [4.78, 5) is 3.99. The Morgan fingerprint density at radius 1 is 0.958 bits per heavy atom. The summed E-state index contributed by atoms with van der Waals surface area (Å²) < 4.78 is 40.7. The van der Waals surface area contributed by atoms with E-state index >= 15 is 0 Å². The molecule has 0 aliphatic heterocycles. The smallest absolute Gasteiger partial charge is 0.309 e. The summed E-state index contributed by atoms with van der Waals surface area (Å²) in [5, 5.41) is 3.07. The standard InChI is InChI=1S/C18H16F3N3/c19-18(20,21)17-4-2-1-3-15(17)12-23-11-14-5-7-16(8-6-14)24-10-9-22-13-24/h1-10,13,23H,11-12H2. The van der Waals surface area contributed by atoms with E-state index in [9.17, 15) is 13.2 Å². The van der Waals surface area contributed by atoms with Crippen LogP contribution < -0.4 is 5.32 Å². The van der Waals surface area contributed by atoms with Crippen molar-refractivity contribution in [3.8, 4) is 5.69 Å². The van der Waals surface area contributed by atoms with Crippen LogP contribution in [0.25, 0.3) is 5.69 Å². The van der Waals surface area contributed by atoms with E-state index in [1.54, 1.807) is 18.6 Å². The van der Waals surface area contributed by atoms with Crippen LogP contribution in [0.5, 0.6) is 0 Å². The van der Waals surface area contributed by atoms with Crippen LogP contribution in [0.2, 0.25) is 0 Å². The number of aromatic nitrogens is 2. The second-order valence-electron chi connectivity index (χ2n) is 5.39. The van der Waals surface area contributed by atoms with Gasteiger partial charge >= 0.3 is 6.18 Å². The lowest BCUT2D eigenvalue weighted by atomic mass is 10.1. The van der Waals surface area contributed by atoms with Crippen molar-refractivity contribution in [1.29, 1.82) is 0 Å². The lowest BCUT2D eigenvalue weighted by molar-refractivity contribution is -0.138. The first-order chi connectivity index (χ1) is 11.5. The summed E-state index contributed by atoms with van der Waals surface area (Å²) in [6.07, 6.45) is 0.931. The number of halogens is 3. The minimum absolute atomic E-state index is 0.166. The average molecular weight is 331 g/mol. The maximum Gasteiger partial charge on any atom is 0.416 e. The van der Waals surface area contributed by atoms with Crippen LogP contribution in [0.3, 0.4) is 0 Å². The first kappa shape index (κ1) is 16.3. The second kappa shape index (κ2) is 6.88. The van der Waals surface area contributed by atoms with Crippen molar-refractivity contribution >= 4 is 0 Å². The molecule has 24 heavy (non-hydrogen) atoms. The molecule has 0 aliphatic rings. The molecular formula is C18H16F3N3. The van der Waals surface area contributed by atoms with Crippen molar-refractivity contribution < 1.29 is 13.2 Å². The lowest BCUT2D eigenvalue weighted by Gasteiger charge is -2.13. The van der Waals surface area contributed by atoms with Gasteiger partial charge in [-0.15, -0.1) is 0 Å². The predicted molar refractivity (Wildman–Crippen MR) is 85.6 cm³/mol. The van der Waals surface area contributed by atoms with E-state index in [0.29, 0.717) is 6.54 Å². The maximum atomic E-state index is 12.9. The average Bonchev–Trinajstić information content (AvgIpc) is 3.09. The fraction of sp³-hybridized carbons (Fsp3) is 0.167. The van der Waals surface area contributed by atoms with Crippen LogP contribution in [-0.2, 0) is 19.3 Å². The van der Waals surface area contributed by atoms with Gasteiger partial charge in [0.05, 0.1) is 11.9 Å². The van der Waals surface area contributed by atoms with Gasteiger partial charge in [-0.2, -0.15) is 13.2 Å². The highest BCUT2D eigenvalue weighted by molar-refractivity contribution is 5.34. The molecule has 3 aromatic rings. The Labute approximate surface area is 137 Å². The molecule has 0 spiro atoms. The fourth-order valence-electron chi connectivity index (χ4n) is 2.49. The third kappa shape index (κ3) is 3.83. The van der Waals surface area contributed by atoms with Gasteiger partial charge in [-0.05, 0) is 29.3 Å². The highest BCUT2D eigenvalue weighted by atomic mass is 19.4. The summed E-state index contributed by atoms with van der Waals surface area (Å²) in [7, 11) is 0. The van der Waals surface area contributed by atoms with Crippen molar-refractivity contribution in [3.05, 3.63) is 83.9 Å². The quantitative estimate of drug-likeness (QED) is 0.760. The van der Waals surface area contributed by atoms with Crippen LogP contribution in [0.4, 0.5) is 13.2 Å². The Hall–Kier alpha value is -2.60. The predicted octanol–water partition coefficient (Wildman–Crippen LogP) is 4.18. The van der Waals surface area contributed by atoms with E-state index < -0.39 is 11.7 Å². The van der Waals surface area contributed by atoms with E-state index in [1.807, 2.05) is 35.0 Å². The zero-order chi connectivity index (χ0) is 17.0. The van der Waals surface area contributed by atoms with Crippen molar-refractivity contribution in [2.24, 2.45) is 0 Å². The highest BCUT2D eigenvalue weighted by Gasteiger charge is 2.32. The Morgan fingerprint density at radius 3 is 2.38 bits per heavy atom. The summed E-state index contributed by atoms with van der Waals surface area (Å²) >= 11 is 0. The first-order valence-corrected chi connectivity index (χ1v) is 7.47. The molecule has 0 amide bonds.